The first-order chi connectivity index (χ1) is 9.10. The van der Waals surface area contributed by atoms with Crippen LogP contribution in [0.3, 0.4) is 0 Å². The lowest BCUT2D eigenvalue weighted by Crippen LogP contribution is -2.22. The number of rotatable bonds is 4. The van der Waals surface area contributed by atoms with Gasteiger partial charge in [0.1, 0.15) is 0 Å². The largest absolute Gasteiger partial charge is 0.371 e. The van der Waals surface area contributed by atoms with Gasteiger partial charge in [-0.2, -0.15) is 0 Å². The summed E-state index contributed by atoms with van der Waals surface area (Å²) in [5.74, 6) is 0.176. The van der Waals surface area contributed by atoms with Crippen molar-refractivity contribution in [3.8, 4) is 0 Å². The monoisotopic (exact) mass is 269 g/mol. The maximum atomic E-state index is 13.6. The van der Waals surface area contributed by atoms with Crippen molar-refractivity contribution in [3.05, 3.63) is 17.7 Å². The zero-order valence-electron chi connectivity index (χ0n) is 11.5. The van der Waals surface area contributed by atoms with E-state index >= 15 is 0 Å². The molecule has 1 saturated carbocycles. The van der Waals surface area contributed by atoms with Gasteiger partial charge in [-0.15, -0.1) is 0 Å². The molecule has 0 aromatic carbocycles. The molecule has 0 saturated heterocycles. The van der Waals surface area contributed by atoms with E-state index in [0.29, 0.717) is 12.5 Å². The Balaban J connectivity index is 1.99. The van der Waals surface area contributed by atoms with Crippen LogP contribution in [0, 0.1) is 23.5 Å². The summed E-state index contributed by atoms with van der Waals surface area (Å²) in [6.45, 7) is 2.95. The fraction of sp³-hybridized carbons (Fsp3) is 0.643. The predicted octanol–water partition coefficient (Wildman–Crippen LogP) is 3.64. The van der Waals surface area contributed by atoms with Crippen molar-refractivity contribution >= 4 is 11.6 Å². The summed E-state index contributed by atoms with van der Waals surface area (Å²) < 4.78 is 26.9. The van der Waals surface area contributed by atoms with Gasteiger partial charge >= 0.3 is 0 Å². The molecule has 106 valence electrons. The summed E-state index contributed by atoms with van der Waals surface area (Å²) in [4.78, 5) is 3.92. The van der Waals surface area contributed by atoms with Crippen LogP contribution in [0.25, 0.3) is 0 Å². The van der Waals surface area contributed by atoms with Crippen LogP contribution in [0.5, 0.6) is 0 Å². The SMILES string of the molecule is CNc1nc(NCC2CCCC(C)C2)c(F)cc1F. The molecular formula is C14H21F2N3. The fourth-order valence-electron chi connectivity index (χ4n) is 2.75. The van der Waals surface area contributed by atoms with Crippen LogP contribution in [0.15, 0.2) is 6.07 Å². The Labute approximate surface area is 112 Å². The molecule has 2 N–H and O–H groups in total. The summed E-state index contributed by atoms with van der Waals surface area (Å²) in [5.41, 5.74) is 0. The summed E-state index contributed by atoms with van der Waals surface area (Å²) in [6.07, 6.45) is 4.84. The van der Waals surface area contributed by atoms with Gasteiger partial charge in [0.2, 0.25) is 0 Å². The first-order valence-electron chi connectivity index (χ1n) is 6.87. The number of hydrogen-bond donors (Lipinski definition) is 2. The third-order valence-corrected chi connectivity index (χ3v) is 3.77. The van der Waals surface area contributed by atoms with Gasteiger partial charge in [-0.25, -0.2) is 13.8 Å². The molecule has 1 aromatic heterocycles. The summed E-state index contributed by atoms with van der Waals surface area (Å²) in [6, 6.07) is 0.866. The van der Waals surface area contributed by atoms with Crippen molar-refractivity contribution in [2.45, 2.75) is 32.6 Å². The lowest BCUT2D eigenvalue weighted by molar-refractivity contribution is 0.293. The third kappa shape index (κ3) is 3.55. The topological polar surface area (TPSA) is 37.0 Å². The number of anilines is 2. The summed E-state index contributed by atoms with van der Waals surface area (Å²) >= 11 is 0. The maximum absolute atomic E-state index is 13.6. The number of halogens is 2. The Kier molecular flexibility index (Phi) is 4.56. The smallest absolute Gasteiger partial charge is 0.168 e. The minimum Gasteiger partial charge on any atom is -0.371 e. The highest BCUT2D eigenvalue weighted by molar-refractivity contribution is 5.47. The summed E-state index contributed by atoms with van der Waals surface area (Å²) in [7, 11) is 1.57. The minimum atomic E-state index is -0.670. The van der Waals surface area contributed by atoms with Gasteiger partial charge in [-0.1, -0.05) is 19.8 Å². The molecule has 0 bridgehead atoms. The second-order valence-corrected chi connectivity index (χ2v) is 5.42. The average molecular weight is 269 g/mol. The van der Waals surface area contributed by atoms with Crippen molar-refractivity contribution in [1.82, 2.24) is 4.98 Å². The lowest BCUT2D eigenvalue weighted by atomic mass is 9.82. The first kappa shape index (κ1) is 14.0. The van der Waals surface area contributed by atoms with Crippen LogP contribution in [-0.4, -0.2) is 18.6 Å². The standard InChI is InChI=1S/C14H21F2N3/c1-9-4-3-5-10(6-9)8-18-14-12(16)7-11(15)13(17-2)19-14/h7,9-10H,3-6,8H2,1-2H3,(H2,17,18,19). The van der Waals surface area contributed by atoms with Crippen LogP contribution in [-0.2, 0) is 0 Å². The number of nitrogens with zero attached hydrogens (tertiary/aromatic N) is 1. The molecule has 0 aliphatic heterocycles. The average Bonchev–Trinajstić information content (AvgIpc) is 2.38. The van der Waals surface area contributed by atoms with Gasteiger partial charge in [0.25, 0.3) is 0 Å². The van der Waals surface area contributed by atoms with Crippen LogP contribution < -0.4 is 10.6 Å². The van der Waals surface area contributed by atoms with Crippen LogP contribution in [0.4, 0.5) is 20.4 Å². The first-order valence-corrected chi connectivity index (χ1v) is 6.87. The van der Waals surface area contributed by atoms with E-state index in [2.05, 4.69) is 22.5 Å². The molecule has 19 heavy (non-hydrogen) atoms. The van der Waals surface area contributed by atoms with Gasteiger partial charge in [0.05, 0.1) is 0 Å². The third-order valence-electron chi connectivity index (χ3n) is 3.77. The molecule has 1 aliphatic carbocycles. The number of aromatic nitrogens is 1. The maximum Gasteiger partial charge on any atom is 0.168 e. The van der Waals surface area contributed by atoms with Crippen LogP contribution in [0.1, 0.15) is 32.6 Å². The van der Waals surface area contributed by atoms with Crippen molar-refractivity contribution in [3.63, 3.8) is 0 Å². The highest BCUT2D eigenvalue weighted by atomic mass is 19.1. The zero-order valence-corrected chi connectivity index (χ0v) is 11.5. The van der Waals surface area contributed by atoms with E-state index in [1.54, 1.807) is 7.05 Å². The molecule has 1 fully saturated rings. The molecular weight excluding hydrogens is 248 g/mol. The Bertz CT molecular complexity index is 437. The van der Waals surface area contributed by atoms with E-state index in [1.165, 1.54) is 19.3 Å². The van der Waals surface area contributed by atoms with Gasteiger partial charge in [-0.3, -0.25) is 0 Å². The van der Waals surface area contributed by atoms with Crippen molar-refractivity contribution in [2.75, 3.05) is 24.2 Å². The quantitative estimate of drug-likeness (QED) is 0.876. The molecule has 0 radical (unpaired) electrons. The highest BCUT2D eigenvalue weighted by Gasteiger charge is 2.19. The van der Waals surface area contributed by atoms with Crippen LogP contribution >= 0.6 is 0 Å². The number of hydrogen-bond acceptors (Lipinski definition) is 3. The minimum absolute atomic E-state index is 0.0703. The molecule has 0 spiro atoms. The second-order valence-electron chi connectivity index (χ2n) is 5.42. The Morgan fingerprint density at radius 1 is 1.26 bits per heavy atom. The van der Waals surface area contributed by atoms with Crippen molar-refractivity contribution in [2.24, 2.45) is 11.8 Å². The second kappa shape index (κ2) is 6.17. The molecule has 3 nitrogen and oxygen atoms in total. The molecule has 1 aromatic rings. The van der Waals surface area contributed by atoms with Gasteiger partial charge in [0, 0.05) is 19.7 Å². The van der Waals surface area contributed by atoms with E-state index in [9.17, 15) is 8.78 Å². The summed E-state index contributed by atoms with van der Waals surface area (Å²) in [5, 5.41) is 5.63. The van der Waals surface area contributed by atoms with E-state index in [1.807, 2.05) is 0 Å². The van der Waals surface area contributed by atoms with E-state index in [0.717, 1.165) is 18.4 Å². The number of pyridine rings is 1. The highest BCUT2D eigenvalue weighted by Crippen LogP contribution is 2.29. The van der Waals surface area contributed by atoms with Gasteiger partial charge < -0.3 is 10.6 Å². The Morgan fingerprint density at radius 3 is 2.68 bits per heavy atom. The molecule has 2 rings (SSSR count). The predicted molar refractivity (Wildman–Crippen MR) is 73.3 cm³/mol. The van der Waals surface area contributed by atoms with Gasteiger partial charge in [0.15, 0.2) is 23.3 Å². The Morgan fingerprint density at radius 2 is 2.00 bits per heavy atom. The number of nitrogens with one attached hydrogen (secondary N) is 2. The molecule has 2 unspecified atom stereocenters. The zero-order chi connectivity index (χ0) is 13.8. The van der Waals surface area contributed by atoms with Crippen molar-refractivity contribution < 1.29 is 8.78 Å². The van der Waals surface area contributed by atoms with Crippen molar-refractivity contribution in [1.29, 1.82) is 0 Å². The van der Waals surface area contributed by atoms with E-state index in [-0.39, 0.29) is 11.6 Å². The van der Waals surface area contributed by atoms with E-state index < -0.39 is 11.6 Å². The lowest BCUT2D eigenvalue weighted by Gasteiger charge is -2.27. The molecule has 1 aliphatic rings. The molecule has 2 atom stereocenters. The molecule has 1 heterocycles. The molecule has 5 heteroatoms. The molecule has 0 amide bonds. The van der Waals surface area contributed by atoms with Crippen LogP contribution in [0.2, 0.25) is 0 Å². The van der Waals surface area contributed by atoms with Gasteiger partial charge in [-0.05, 0) is 24.7 Å². The normalized spacial score (nSPS) is 23.2. The fourth-order valence-corrected chi connectivity index (χ4v) is 2.75. The Hall–Kier alpha value is -1.39. The van der Waals surface area contributed by atoms with E-state index in [4.69, 9.17) is 0 Å².